The molecule has 1 aromatic rings. The van der Waals surface area contributed by atoms with Crippen LogP contribution in [-0.4, -0.2) is 42.0 Å². The summed E-state index contributed by atoms with van der Waals surface area (Å²) in [5, 5.41) is 0. The van der Waals surface area contributed by atoms with Crippen molar-refractivity contribution in [2.45, 2.75) is 12.8 Å². The van der Waals surface area contributed by atoms with Gasteiger partial charge >= 0.3 is 0 Å². The number of hydrogen-bond acceptors (Lipinski definition) is 3. The van der Waals surface area contributed by atoms with Gasteiger partial charge in [0.1, 0.15) is 0 Å². The van der Waals surface area contributed by atoms with E-state index in [-0.39, 0.29) is 18.3 Å². The third-order valence-corrected chi connectivity index (χ3v) is 3.68. The molecule has 4 nitrogen and oxygen atoms in total. The van der Waals surface area contributed by atoms with Crippen LogP contribution in [0.1, 0.15) is 12.8 Å². The molecule has 2 aliphatic rings. The quantitative estimate of drug-likeness (QED) is 0.855. The van der Waals surface area contributed by atoms with Crippen LogP contribution in [0.5, 0.6) is 0 Å². The fourth-order valence-corrected chi connectivity index (χ4v) is 2.59. The first-order valence-electron chi connectivity index (χ1n) is 6.85. The number of carbonyl (C=O) groups is 1. The van der Waals surface area contributed by atoms with Gasteiger partial charge in [-0.1, -0.05) is 18.2 Å². The summed E-state index contributed by atoms with van der Waals surface area (Å²) >= 11 is 0. The van der Waals surface area contributed by atoms with Crippen molar-refractivity contribution in [3.63, 3.8) is 0 Å². The molecule has 3 rings (SSSR count). The average Bonchev–Trinajstić information content (AvgIpc) is 3.11. The Morgan fingerprint density at radius 3 is 2.45 bits per heavy atom. The molecule has 0 N–H and O–H groups in total. The van der Waals surface area contributed by atoms with Crippen molar-refractivity contribution in [2.24, 2.45) is 0 Å². The molecular formula is C15H20ClN3O. The molecule has 0 unspecified atom stereocenters. The second-order valence-electron chi connectivity index (χ2n) is 5.08. The van der Waals surface area contributed by atoms with Gasteiger partial charge < -0.3 is 14.7 Å². The minimum atomic E-state index is 0. The molecule has 1 amide bonds. The molecule has 1 saturated heterocycles. The second kappa shape index (κ2) is 6.66. The van der Waals surface area contributed by atoms with Crippen molar-refractivity contribution in [3.8, 4) is 0 Å². The highest BCUT2D eigenvalue weighted by atomic mass is 35.5. The standard InChI is InChI=1S/C15H19N3O.ClH/c19-15(17-8-4-5-9-17)12-16-10-11-18(13-16)14-6-2-1-3-7-14;/h1-3,6-7,10-11H,4-5,8-9,12-13H2;1H. The normalized spacial score (nSPS) is 17.5. The first-order chi connectivity index (χ1) is 9.33. The monoisotopic (exact) mass is 293 g/mol. The Labute approximate surface area is 126 Å². The van der Waals surface area contributed by atoms with E-state index >= 15 is 0 Å². The number of rotatable bonds is 3. The summed E-state index contributed by atoms with van der Waals surface area (Å²) in [6.45, 7) is 3.10. The molecule has 0 radical (unpaired) electrons. The van der Waals surface area contributed by atoms with Gasteiger partial charge in [0, 0.05) is 31.2 Å². The molecule has 0 saturated carbocycles. The van der Waals surface area contributed by atoms with E-state index in [2.05, 4.69) is 21.9 Å². The lowest BCUT2D eigenvalue weighted by Crippen LogP contribution is -2.38. The fraction of sp³-hybridized carbons (Fsp3) is 0.400. The van der Waals surface area contributed by atoms with Gasteiger partial charge in [-0.2, -0.15) is 0 Å². The lowest BCUT2D eigenvalue weighted by molar-refractivity contribution is -0.130. The van der Waals surface area contributed by atoms with Crippen LogP contribution in [0, 0.1) is 0 Å². The highest BCUT2D eigenvalue weighted by Crippen LogP contribution is 2.18. The summed E-state index contributed by atoms with van der Waals surface area (Å²) in [6, 6.07) is 10.2. The number of amides is 1. The Bertz CT molecular complexity index is 471. The van der Waals surface area contributed by atoms with Crippen molar-refractivity contribution < 1.29 is 4.79 Å². The van der Waals surface area contributed by atoms with Crippen LogP contribution < -0.4 is 4.90 Å². The predicted octanol–water partition coefficient (Wildman–Crippen LogP) is 2.28. The zero-order chi connectivity index (χ0) is 13.1. The van der Waals surface area contributed by atoms with Gasteiger partial charge in [0.25, 0.3) is 0 Å². The van der Waals surface area contributed by atoms with E-state index in [4.69, 9.17) is 0 Å². The zero-order valence-electron chi connectivity index (χ0n) is 11.4. The molecule has 0 bridgehead atoms. The molecule has 1 fully saturated rings. The van der Waals surface area contributed by atoms with Crippen LogP contribution in [-0.2, 0) is 4.79 Å². The first-order valence-corrected chi connectivity index (χ1v) is 6.85. The number of nitrogens with zero attached hydrogens (tertiary/aromatic N) is 3. The lowest BCUT2D eigenvalue weighted by Gasteiger charge is -2.23. The fourth-order valence-electron chi connectivity index (χ4n) is 2.59. The van der Waals surface area contributed by atoms with Gasteiger partial charge in [-0.05, 0) is 25.0 Å². The SMILES string of the molecule is Cl.O=C(CN1C=CN(c2ccccc2)C1)N1CCCC1. The molecule has 0 aliphatic carbocycles. The highest BCUT2D eigenvalue weighted by Gasteiger charge is 2.22. The summed E-state index contributed by atoms with van der Waals surface area (Å²) in [5.74, 6) is 0.247. The highest BCUT2D eigenvalue weighted by molar-refractivity contribution is 5.85. The molecular weight excluding hydrogens is 274 g/mol. The number of benzene rings is 1. The summed E-state index contributed by atoms with van der Waals surface area (Å²) in [7, 11) is 0. The van der Waals surface area contributed by atoms with Crippen molar-refractivity contribution in [3.05, 3.63) is 42.7 Å². The maximum atomic E-state index is 12.1. The first kappa shape index (κ1) is 14.7. The van der Waals surface area contributed by atoms with Gasteiger partial charge in [-0.3, -0.25) is 4.79 Å². The topological polar surface area (TPSA) is 26.8 Å². The van der Waals surface area contributed by atoms with E-state index in [1.54, 1.807) is 0 Å². The molecule has 0 aromatic heterocycles. The van der Waals surface area contributed by atoms with Crippen molar-refractivity contribution in [1.82, 2.24) is 9.80 Å². The average molecular weight is 294 g/mol. The third-order valence-electron chi connectivity index (χ3n) is 3.68. The minimum Gasteiger partial charge on any atom is -0.349 e. The van der Waals surface area contributed by atoms with Gasteiger partial charge in [0.05, 0.1) is 13.2 Å². The summed E-state index contributed by atoms with van der Waals surface area (Å²) in [5.41, 5.74) is 1.16. The smallest absolute Gasteiger partial charge is 0.242 e. The van der Waals surface area contributed by atoms with Crippen LogP contribution in [0.2, 0.25) is 0 Å². The zero-order valence-corrected chi connectivity index (χ0v) is 12.3. The van der Waals surface area contributed by atoms with Crippen LogP contribution in [0.4, 0.5) is 5.69 Å². The van der Waals surface area contributed by atoms with Gasteiger partial charge in [0.15, 0.2) is 0 Å². The molecule has 1 aromatic carbocycles. The maximum Gasteiger partial charge on any atom is 0.242 e. The number of halogens is 1. The molecule has 0 atom stereocenters. The largest absolute Gasteiger partial charge is 0.349 e. The molecule has 0 spiro atoms. The minimum absolute atomic E-state index is 0. The van der Waals surface area contributed by atoms with E-state index in [0.29, 0.717) is 6.54 Å². The van der Waals surface area contributed by atoms with E-state index in [1.807, 2.05) is 35.5 Å². The Morgan fingerprint density at radius 2 is 1.75 bits per heavy atom. The summed E-state index contributed by atoms with van der Waals surface area (Å²) < 4.78 is 0. The van der Waals surface area contributed by atoms with Gasteiger partial charge in [0.2, 0.25) is 5.91 Å². The summed E-state index contributed by atoms with van der Waals surface area (Å²) in [4.78, 5) is 18.3. The van der Waals surface area contributed by atoms with Crippen molar-refractivity contribution in [1.29, 1.82) is 0 Å². The van der Waals surface area contributed by atoms with Gasteiger partial charge in [-0.15, -0.1) is 12.4 Å². The number of hydrogen-bond donors (Lipinski definition) is 0. The van der Waals surface area contributed by atoms with Gasteiger partial charge in [-0.25, -0.2) is 0 Å². The summed E-state index contributed by atoms with van der Waals surface area (Å²) in [6.07, 6.45) is 6.34. The second-order valence-corrected chi connectivity index (χ2v) is 5.08. The molecule has 5 heteroatoms. The van der Waals surface area contributed by atoms with Crippen LogP contribution in [0.3, 0.4) is 0 Å². The Hall–Kier alpha value is -1.68. The van der Waals surface area contributed by atoms with E-state index in [1.165, 1.54) is 0 Å². The molecule has 2 heterocycles. The Kier molecular flexibility index (Phi) is 4.90. The van der Waals surface area contributed by atoms with Crippen molar-refractivity contribution >= 4 is 24.0 Å². The van der Waals surface area contributed by atoms with Crippen LogP contribution in [0.15, 0.2) is 42.7 Å². The molecule has 2 aliphatic heterocycles. The number of carbonyl (C=O) groups excluding carboxylic acids is 1. The number of para-hydroxylation sites is 1. The van der Waals surface area contributed by atoms with Crippen LogP contribution >= 0.6 is 12.4 Å². The predicted molar refractivity (Wildman–Crippen MR) is 82.7 cm³/mol. The Balaban J connectivity index is 0.00000147. The number of likely N-dealkylation sites (tertiary alicyclic amines) is 1. The third kappa shape index (κ3) is 3.25. The number of anilines is 1. The molecule has 108 valence electrons. The van der Waals surface area contributed by atoms with Crippen molar-refractivity contribution in [2.75, 3.05) is 31.2 Å². The molecule has 20 heavy (non-hydrogen) atoms. The van der Waals surface area contributed by atoms with Crippen LogP contribution in [0.25, 0.3) is 0 Å². The maximum absolute atomic E-state index is 12.1. The Morgan fingerprint density at radius 1 is 1.05 bits per heavy atom. The van der Waals surface area contributed by atoms with E-state index < -0.39 is 0 Å². The lowest BCUT2D eigenvalue weighted by atomic mass is 10.3. The van der Waals surface area contributed by atoms with E-state index in [0.717, 1.165) is 38.3 Å². The van der Waals surface area contributed by atoms with E-state index in [9.17, 15) is 4.79 Å².